The van der Waals surface area contributed by atoms with Crippen molar-refractivity contribution in [1.82, 2.24) is 10.6 Å². The van der Waals surface area contributed by atoms with Crippen LogP contribution in [0.2, 0.25) is 0 Å². The van der Waals surface area contributed by atoms with Crippen molar-refractivity contribution in [2.45, 2.75) is 70.3 Å². The summed E-state index contributed by atoms with van der Waals surface area (Å²) < 4.78 is 0. The molecular weight excluding hydrogens is 486 g/mol. The molecule has 0 fully saturated rings. The van der Waals surface area contributed by atoms with Crippen molar-refractivity contribution in [2.24, 2.45) is 5.73 Å². The van der Waals surface area contributed by atoms with Crippen molar-refractivity contribution in [3.05, 3.63) is 107 Å². The van der Waals surface area contributed by atoms with Crippen molar-refractivity contribution < 1.29 is 14.4 Å². The van der Waals surface area contributed by atoms with E-state index in [2.05, 4.69) is 47.0 Å². The fourth-order valence-corrected chi connectivity index (χ4v) is 4.47. The Morgan fingerprint density at radius 2 is 1.18 bits per heavy atom. The third-order valence-corrected chi connectivity index (χ3v) is 6.71. The number of rotatable bonds is 16. The highest BCUT2D eigenvalue weighted by molar-refractivity contribution is 5.96. The van der Waals surface area contributed by atoms with E-state index < -0.39 is 6.04 Å². The highest BCUT2D eigenvalue weighted by Crippen LogP contribution is 2.11. The fourth-order valence-electron chi connectivity index (χ4n) is 4.47. The van der Waals surface area contributed by atoms with E-state index in [1.807, 2.05) is 48.5 Å². The zero-order chi connectivity index (χ0) is 27.7. The molecule has 0 saturated heterocycles. The number of hydrogen-bond donors (Lipinski definition) is 3. The third kappa shape index (κ3) is 12.1. The van der Waals surface area contributed by atoms with Crippen molar-refractivity contribution in [1.29, 1.82) is 0 Å². The quantitative estimate of drug-likeness (QED) is 0.235. The van der Waals surface area contributed by atoms with E-state index in [0.29, 0.717) is 19.4 Å². The average molecular weight is 528 g/mol. The van der Waals surface area contributed by atoms with Crippen LogP contribution in [0.4, 0.5) is 0 Å². The Morgan fingerprint density at radius 3 is 1.82 bits per heavy atom. The zero-order valence-electron chi connectivity index (χ0n) is 22.7. The predicted octanol–water partition coefficient (Wildman–Crippen LogP) is 4.68. The van der Waals surface area contributed by atoms with Gasteiger partial charge in [0.15, 0.2) is 0 Å². The zero-order valence-corrected chi connectivity index (χ0v) is 22.7. The molecule has 6 heteroatoms. The van der Waals surface area contributed by atoms with Crippen LogP contribution >= 0.6 is 0 Å². The van der Waals surface area contributed by atoms with E-state index in [9.17, 15) is 14.4 Å². The number of nitrogens with two attached hydrogens (primary N) is 1. The number of carbonyl (C=O) groups is 3. The summed E-state index contributed by atoms with van der Waals surface area (Å²) in [5.41, 5.74) is 10.5. The van der Waals surface area contributed by atoms with E-state index in [4.69, 9.17) is 5.73 Å². The molecule has 0 heterocycles. The van der Waals surface area contributed by atoms with Crippen LogP contribution in [0.15, 0.2) is 84.9 Å². The fraction of sp³-hybridized carbons (Fsp3) is 0.364. The predicted molar refractivity (Wildman–Crippen MR) is 156 cm³/mol. The monoisotopic (exact) mass is 527 g/mol. The Hall–Kier alpha value is -3.77. The molecular formula is C33H41N3O3. The standard InChI is InChI=1S/C33H41N3O3/c34-30(24-28-16-6-2-7-17-28)33(39)35-23-11-3-8-18-31(37)36-32(38)25-29-21-19-27(20-22-29)15-10-9-14-26-12-4-1-5-13-26/h1-2,4-7,12-13,16-17,19-22,30H,3,8-11,14-15,18,23-25,34H2,(H,35,39)(H,36,37,38)/t30-/m0/s1. The minimum Gasteiger partial charge on any atom is -0.355 e. The van der Waals surface area contributed by atoms with Crippen LogP contribution in [0.1, 0.15) is 60.8 Å². The smallest absolute Gasteiger partial charge is 0.237 e. The van der Waals surface area contributed by atoms with Gasteiger partial charge < -0.3 is 11.1 Å². The molecule has 4 N–H and O–H groups in total. The van der Waals surface area contributed by atoms with Crippen molar-refractivity contribution in [3.8, 4) is 0 Å². The molecule has 1 atom stereocenters. The van der Waals surface area contributed by atoms with Crippen molar-refractivity contribution >= 4 is 17.7 Å². The number of imide groups is 1. The summed E-state index contributed by atoms with van der Waals surface area (Å²) in [4.78, 5) is 36.5. The van der Waals surface area contributed by atoms with Crippen LogP contribution < -0.4 is 16.4 Å². The van der Waals surface area contributed by atoms with Gasteiger partial charge in [0.05, 0.1) is 12.5 Å². The van der Waals surface area contributed by atoms with Gasteiger partial charge in [0, 0.05) is 13.0 Å². The van der Waals surface area contributed by atoms with Gasteiger partial charge in [0.25, 0.3) is 0 Å². The lowest BCUT2D eigenvalue weighted by Gasteiger charge is -2.12. The second-order valence-corrected chi connectivity index (χ2v) is 10.1. The molecule has 0 unspecified atom stereocenters. The van der Waals surface area contributed by atoms with Gasteiger partial charge in [-0.05, 0) is 67.2 Å². The van der Waals surface area contributed by atoms with Gasteiger partial charge in [-0.25, -0.2) is 0 Å². The first kappa shape index (κ1) is 29.8. The lowest BCUT2D eigenvalue weighted by molar-refractivity contribution is -0.130. The molecule has 39 heavy (non-hydrogen) atoms. The molecule has 0 aromatic heterocycles. The summed E-state index contributed by atoms with van der Waals surface area (Å²) in [5.74, 6) is -0.711. The number of aryl methyl sites for hydroxylation is 2. The maximum atomic E-state index is 12.3. The summed E-state index contributed by atoms with van der Waals surface area (Å²) in [6.45, 7) is 0.519. The Labute approximate surface area is 232 Å². The highest BCUT2D eigenvalue weighted by atomic mass is 16.2. The number of benzene rings is 3. The van der Waals surface area contributed by atoms with Crippen molar-refractivity contribution in [2.75, 3.05) is 6.54 Å². The molecule has 0 aliphatic heterocycles. The maximum absolute atomic E-state index is 12.3. The molecule has 3 rings (SSSR count). The summed E-state index contributed by atoms with van der Waals surface area (Å²) in [6.07, 6.45) is 7.54. The van der Waals surface area contributed by atoms with Gasteiger partial charge in [-0.3, -0.25) is 19.7 Å². The van der Waals surface area contributed by atoms with Gasteiger partial charge in [0.1, 0.15) is 0 Å². The Kier molecular flexibility index (Phi) is 12.9. The first-order chi connectivity index (χ1) is 19.0. The minimum absolute atomic E-state index is 0.168. The van der Waals surface area contributed by atoms with Crippen LogP contribution in [-0.2, 0) is 40.1 Å². The van der Waals surface area contributed by atoms with E-state index in [1.165, 1.54) is 11.1 Å². The number of hydrogen-bond acceptors (Lipinski definition) is 4. The highest BCUT2D eigenvalue weighted by Gasteiger charge is 2.13. The minimum atomic E-state index is -0.578. The molecule has 0 bridgehead atoms. The molecule has 0 aliphatic carbocycles. The van der Waals surface area contributed by atoms with Gasteiger partial charge in [-0.1, -0.05) is 91.3 Å². The number of nitrogens with one attached hydrogen (secondary N) is 2. The molecule has 0 saturated carbocycles. The van der Waals surface area contributed by atoms with Crippen LogP contribution in [0, 0.1) is 0 Å². The molecule has 0 aliphatic rings. The van der Waals surface area contributed by atoms with E-state index in [1.54, 1.807) is 0 Å². The molecule has 3 aromatic carbocycles. The van der Waals surface area contributed by atoms with Gasteiger partial charge in [-0.2, -0.15) is 0 Å². The Morgan fingerprint density at radius 1 is 0.615 bits per heavy atom. The number of carbonyl (C=O) groups excluding carboxylic acids is 3. The number of unbranched alkanes of at least 4 members (excludes halogenated alkanes) is 3. The van der Waals surface area contributed by atoms with Crippen molar-refractivity contribution in [3.63, 3.8) is 0 Å². The first-order valence-electron chi connectivity index (χ1n) is 14.0. The summed E-state index contributed by atoms with van der Waals surface area (Å²) in [7, 11) is 0. The lowest BCUT2D eigenvalue weighted by Crippen LogP contribution is -2.42. The average Bonchev–Trinajstić information content (AvgIpc) is 2.94. The lowest BCUT2D eigenvalue weighted by atomic mass is 10.0. The maximum Gasteiger partial charge on any atom is 0.237 e. The normalized spacial score (nSPS) is 11.5. The summed E-state index contributed by atoms with van der Waals surface area (Å²) >= 11 is 0. The molecule has 0 radical (unpaired) electrons. The van der Waals surface area contributed by atoms with E-state index in [0.717, 1.165) is 49.7 Å². The Bertz CT molecular complexity index is 1150. The summed E-state index contributed by atoms with van der Waals surface area (Å²) in [5, 5.41) is 5.34. The molecule has 0 spiro atoms. The SMILES string of the molecule is N[C@@H](Cc1ccccc1)C(=O)NCCCCCC(=O)NC(=O)Cc1ccc(CCCCc2ccccc2)cc1. The Balaban J connectivity index is 1.21. The van der Waals surface area contributed by atoms with E-state index >= 15 is 0 Å². The van der Waals surface area contributed by atoms with Crippen LogP contribution in [0.25, 0.3) is 0 Å². The van der Waals surface area contributed by atoms with Gasteiger partial charge in [0.2, 0.25) is 17.7 Å². The van der Waals surface area contributed by atoms with Crippen LogP contribution in [0.3, 0.4) is 0 Å². The molecule has 206 valence electrons. The van der Waals surface area contributed by atoms with Crippen LogP contribution in [-0.4, -0.2) is 30.3 Å². The molecule has 3 amide bonds. The van der Waals surface area contributed by atoms with Gasteiger partial charge >= 0.3 is 0 Å². The van der Waals surface area contributed by atoms with E-state index in [-0.39, 0.29) is 30.6 Å². The second-order valence-electron chi connectivity index (χ2n) is 10.1. The molecule has 6 nitrogen and oxygen atoms in total. The van der Waals surface area contributed by atoms with Gasteiger partial charge in [-0.15, -0.1) is 0 Å². The van der Waals surface area contributed by atoms with Crippen LogP contribution in [0.5, 0.6) is 0 Å². The third-order valence-electron chi connectivity index (χ3n) is 6.71. The summed E-state index contributed by atoms with van der Waals surface area (Å²) in [6, 6.07) is 27.7. The first-order valence-corrected chi connectivity index (χ1v) is 14.0. The topological polar surface area (TPSA) is 101 Å². The molecule has 3 aromatic rings. The second kappa shape index (κ2) is 16.9. The largest absolute Gasteiger partial charge is 0.355 e. The number of amides is 3.